The third kappa shape index (κ3) is 5.77. The molecule has 2 N–H and O–H groups in total. The van der Waals surface area contributed by atoms with Gasteiger partial charge in [0.05, 0.1) is 18.5 Å². The third-order valence-electron chi connectivity index (χ3n) is 5.49. The van der Waals surface area contributed by atoms with Crippen LogP contribution in [0.15, 0.2) is 47.5 Å². The summed E-state index contributed by atoms with van der Waals surface area (Å²) in [6, 6.07) is 11.7. The number of rotatable bonds is 7. The Balaban J connectivity index is 1.83. The zero-order chi connectivity index (χ0) is 24.0. The van der Waals surface area contributed by atoms with Gasteiger partial charge in [0, 0.05) is 24.3 Å². The lowest BCUT2D eigenvalue weighted by Gasteiger charge is -2.14. The first-order valence-corrected chi connectivity index (χ1v) is 10.9. The molecular formula is C25H30FN5O2. The van der Waals surface area contributed by atoms with Crippen molar-refractivity contribution < 1.29 is 13.9 Å². The van der Waals surface area contributed by atoms with Crippen LogP contribution in [0.2, 0.25) is 0 Å². The van der Waals surface area contributed by atoms with E-state index in [1.165, 1.54) is 6.07 Å². The first-order valence-electron chi connectivity index (χ1n) is 10.9. The second-order valence-corrected chi connectivity index (χ2v) is 7.69. The van der Waals surface area contributed by atoms with E-state index < -0.39 is 11.7 Å². The summed E-state index contributed by atoms with van der Waals surface area (Å²) < 4.78 is 21.3. The van der Waals surface area contributed by atoms with E-state index in [2.05, 4.69) is 27.6 Å². The maximum atomic E-state index is 14.0. The Morgan fingerprint density at radius 1 is 1.18 bits per heavy atom. The molecule has 0 bridgehead atoms. The lowest BCUT2D eigenvalue weighted by atomic mass is 10.1. The molecule has 2 aromatic carbocycles. The molecule has 8 heteroatoms. The standard InChI is InChI=1S/C25H30FN5O2/c1-6-31-18(4)20(17(3)30-31)13-14-27-25(28-22-9-7-8-10-23(22)33-5)29-24(32)19-12-11-16(2)21(26)15-19/h7-12,15H,6,13-14H2,1-5H3,(H2,27,28,29,32). The number of anilines is 1. The van der Waals surface area contributed by atoms with E-state index in [1.54, 1.807) is 26.2 Å². The first-order chi connectivity index (χ1) is 15.8. The van der Waals surface area contributed by atoms with E-state index >= 15 is 0 Å². The molecule has 0 aliphatic heterocycles. The first kappa shape index (κ1) is 24.0. The van der Waals surface area contributed by atoms with E-state index in [4.69, 9.17) is 4.74 Å². The van der Waals surface area contributed by atoms with Crippen molar-refractivity contribution in [2.75, 3.05) is 19.0 Å². The summed E-state index contributed by atoms with van der Waals surface area (Å²) in [4.78, 5) is 17.4. The van der Waals surface area contributed by atoms with Crippen molar-refractivity contribution in [2.45, 2.75) is 40.7 Å². The Labute approximate surface area is 193 Å². The quantitative estimate of drug-likeness (QED) is 0.412. The topological polar surface area (TPSA) is 80.5 Å². The summed E-state index contributed by atoms with van der Waals surface area (Å²) in [7, 11) is 1.57. The fourth-order valence-corrected chi connectivity index (χ4v) is 3.58. The molecule has 1 heterocycles. The molecule has 0 saturated heterocycles. The molecule has 0 saturated carbocycles. The van der Waals surface area contributed by atoms with Crippen LogP contribution in [0.3, 0.4) is 0 Å². The molecule has 33 heavy (non-hydrogen) atoms. The molecule has 0 spiro atoms. The largest absolute Gasteiger partial charge is 0.495 e. The van der Waals surface area contributed by atoms with Crippen molar-refractivity contribution in [3.63, 3.8) is 0 Å². The summed E-state index contributed by atoms with van der Waals surface area (Å²) in [5.41, 5.74) is 4.57. The highest BCUT2D eigenvalue weighted by atomic mass is 19.1. The van der Waals surface area contributed by atoms with Crippen molar-refractivity contribution in [3.05, 3.63) is 76.4 Å². The molecule has 0 radical (unpaired) electrons. The van der Waals surface area contributed by atoms with Gasteiger partial charge >= 0.3 is 0 Å². The number of methoxy groups -OCH3 is 1. The maximum absolute atomic E-state index is 14.0. The van der Waals surface area contributed by atoms with Crippen molar-refractivity contribution in [1.29, 1.82) is 0 Å². The fourth-order valence-electron chi connectivity index (χ4n) is 3.58. The average Bonchev–Trinajstić information content (AvgIpc) is 3.08. The van der Waals surface area contributed by atoms with Gasteiger partial charge in [0.15, 0.2) is 0 Å². The second kappa shape index (κ2) is 10.8. The molecule has 0 aliphatic carbocycles. The number of aromatic nitrogens is 2. The number of nitrogens with zero attached hydrogens (tertiary/aromatic N) is 3. The van der Waals surface area contributed by atoms with Crippen LogP contribution in [0.25, 0.3) is 0 Å². The molecule has 1 aromatic heterocycles. The van der Waals surface area contributed by atoms with Crippen LogP contribution in [0.1, 0.15) is 39.8 Å². The number of nitrogens with one attached hydrogen (secondary N) is 2. The van der Waals surface area contributed by atoms with Crippen LogP contribution in [-0.4, -0.2) is 35.3 Å². The van der Waals surface area contributed by atoms with Gasteiger partial charge in [-0.25, -0.2) is 4.39 Å². The van der Waals surface area contributed by atoms with Crippen LogP contribution >= 0.6 is 0 Å². The van der Waals surface area contributed by atoms with Gasteiger partial charge in [0.2, 0.25) is 5.96 Å². The van der Waals surface area contributed by atoms with Crippen molar-refractivity contribution >= 4 is 17.6 Å². The fraction of sp³-hybridized carbons (Fsp3) is 0.320. The normalized spacial score (nSPS) is 11.4. The predicted octanol–water partition coefficient (Wildman–Crippen LogP) is 4.42. The van der Waals surface area contributed by atoms with Gasteiger partial charge in [0.25, 0.3) is 5.91 Å². The smallest absolute Gasteiger partial charge is 0.258 e. The number of para-hydroxylation sites is 2. The minimum Gasteiger partial charge on any atom is -0.495 e. The number of guanidine groups is 1. The number of ether oxygens (including phenoxy) is 1. The highest BCUT2D eigenvalue weighted by Crippen LogP contribution is 2.23. The number of carbonyl (C=O) groups is 1. The van der Waals surface area contributed by atoms with Gasteiger partial charge in [-0.3, -0.25) is 19.8 Å². The molecule has 174 valence electrons. The molecule has 7 nitrogen and oxygen atoms in total. The number of carbonyl (C=O) groups excluding carboxylic acids is 1. The van der Waals surface area contributed by atoms with E-state index in [9.17, 15) is 9.18 Å². The number of aliphatic imine (C=N–C) groups is 1. The van der Waals surface area contributed by atoms with Gasteiger partial charge < -0.3 is 10.1 Å². The Kier molecular flexibility index (Phi) is 7.82. The van der Waals surface area contributed by atoms with E-state index in [0.29, 0.717) is 30.0 Å². The molecule has 0 aliphatic rings. The molecule has 1 amide bonds. The predicted molar refractivity (Wildman–Crippen MR) is 129 cm³/mol. The lowest BCUT2D eigenvalue weighted by Crippen LogP contribution is -2.36. The van der Waals surface area contributed by atoms with Gasteiger partial charge in [0.1, 0.15) is 11.6 Å². The summed E-state index contributed by atoms with van der Waals surface area (Å²) in [5.74, 6) is -0.0284. The summed E-state index contributed by atoms with van der Waals surface area (Å²) >= 11 is 0. The Morgan fingerprint density at radius 2 is 1.94 bits per heavy atom. The maximum Gasteiger partial charge on any atom is 0.258 e. The van der Waals surface area contributed by atoms with E-state index in [0.717, 1.165) is 23.5 Å². The van der Waals surface area contributed by atoms with E-state index in [-0.39, 0.29) is 11.5 Å². The van der Waals surface area contributed by atoms with Crippen LogP contribution in [-0.2, 0) is 13.0 Å². The second-order valence-electron chi connectivity index (χ2n) is 7.69. The Hall–Kier alpha value is -3.68. The van der Waals surface area contributed by atoms with Gasteiger partial charge in [-0.2, -0.15) is 5.10 Å². The van der Waals surface area contributed by atoms with Crippen LogP contribution in [0.4, 0.5) is 10.1 Å². The zero-order valence-corrected chi connectivity index (χ0v) is 19.7. The molecule has 0 atom stereocenters. The minimum absolute atomic E-state index is 0.212. The SMILES string of the molecule is CCn1nc(C)c(CCN=C(NC(=O)c2ccc(C)c(F)c2)Nc2ccccc2OC)c1C. The number of amides is 1. The highest BCUT2D eigenvalue weighted by molar-refractivity contribution is 6.10. The van der Waals surface area contributed by atoms with Crippen molar-refractivity contribution in [2.24, 2.45) is 4.99 Å². The monoisotopic (exact) mass is 451 g/mol. The number of hydrogen-bond donors (Lipinski definition) is 2. The molecule has 3 rings (SSSR count). The minimum atomic E-state index is -0.457. The summed E-state index contributed by atoms with van der Waals surface area (Å²) in [5, 5.41) is 10.5. The van der Waals surface area contributed by atoms with Crippen LogP contribution < -0.4 is 15.4 Å². The molecule has 3 aromatic rings. The molecule has 0 fully saturated rings. The number of benzene rings is 2. The van der Waals surface area contributed by atoms with Gasteiger partial charge in [-0.15, -0.1) is 0 Å². The summed E-state index contributed by atoms with van der Waals surface area (Å²) in [6.45, 7) is 8.97. The summed E-state index contributed by atoms with van der Waals surface area (Å²) in [6.07, 6.45) is 0.670. The molecule has 0 unspecified atom stereocenters. The van der Waals surface area contributed by atoms with E-state index in [1.807, 2.05) is 42.8 Å². The molecular weight excluding hydrogens is 421 g/mol. The Bertz CT molecular complexity index is 1170. The van der Waals surface area contributed by atoms with Crippen molar-refractivity contribution in [3.8, 4) is 5.75 Å². The van der Waals surface area contributed by atoms with Gasteiger partial charge in [-0.05, 0) is 69.5 Å². The van der Waals surface area contributed by atoms with Crippen LogP contribution in [0.5, 0.6) is 5.75 Å². The number of aryl methyl sites for hydroxylation is 3. The average molecular weight is 452 g/mol. The van der Waals surface area contributed by atoms with Gasteiger partial charge in [-0.1, -0.05) is 18.2 Å². The highest BCUT2D eigenvalue weighted by Gasteiger charge is 2.14. The zero-order valence-electron chi connectivity index (χ0n) is 19.7. The van der Waals surface area contributed by atoms with Crippen molar-refractivity contribution in [1.82, 2.24) is 15.1 Å². The third-order valence-corrected chi connectivity index (χ3v) is 5.49. The van der Waals surface area contributed by atoms with Crippen LogP contribution in [0, 0.1) is 26.6 Å². The number of hydrogen-bond acceptors (Lipinski definition) is 4. The number of halogens is 1. The Morgan fingerprint density at radius 3 is 2.61 bits per heavy atom. The lowest BCUT2D eigenvalue weighted by molar-refractivity contribution is 0.0976.